The lowest BCUT2D eigenvalue weighted by Crippen LogP contribution is -2.61. The number of nitrogens with zero attached hydrogens (tertiary/aromatic N) is 3. The fraction of sp³-hybridized carbons (Fsp3) is 0.455. The van der Waals surface area contributed by atoms with E-state index in [9.17, 15) is 0 Å². The number of fused-ring (bicyclic) bond motifs is 1. The summed E-state index contributed by atoms with van der Waals surface area (Å²) >= 11 is 0. The van der Waals surface area contributed by atoms with Crippen molar-refractivity contribution in [3.63, 3.8) is 0 Å². The average molecular weight is 351 g/mol. The number of rotatable bonds is 5. The van der Waals surface area contributed by atoms with Crippen LogP contribution in [0, 0.1) is 0 Å². The largest absolute Gasteiger partial charge is 0.489 e. The van der Waals surface area contributed by atoms with Gasteiger partial charge in [-0.05, 0) is 18.7 Å². The number of benzene rings is 2. The lowest BCUT2D eigenvalue weighted by Gasteiger charge is -2.46. The molecule has 26 heavy (non-hydrogen) atoms. The van der Waals surface area contributed by atoms with Crippen molar-refractivity contribution >= 4 is 0 Å². The average Bonchev–Trinajstić information content (AvgIpc) is 2.68. The van der Waals surface area contributed by atoms with Gasteiger partial charge in [-0.25, -0.2) is 0 Å². The van der Waals surface area contributed by atoms with Crippen LogP contribution >= 0.6 is 0 Å². The van der Waals surface area contributed by atoms with Crippen molar-refractivity contribution < 1.29 is 4.74 Å². The molecular weight excluding hydrogens is 322 g/mol. The van der Waals surface area contributed by atoms with Crippen molar-refractivity contribution in [3.8, 4) is 5.75 Å². The fourth-order valence-corrected chi connectivity index (χ4v) is 4.07. The van der Waals surface area contributed by atoms with E-state index >= 15 is 0 Å². The normalized spacial score (nSPS) is 22.1. The topological polar surface area (TPSA) is 19.0 Å². The molecule has 1 atom stereocenters. The molecule has 2 saturated heterocycles. The lowest BCUT2D eigenvalue weighted by atomic mass is 10.1. The van der Waals surface area contributed by atoms with Gasteiger partial charge in [0.05, 0.1) is 0 Å². The molecule has 0 amide bonds. The van der Waals surface area contributed by atoms with Crippen LogP contribution in [0.5, 0.6) is 5.75 Å². The van der Waals surface area contributed by atoms with E-state index in [0.29, 0.717) is 12.6 Å². The van der Waals surface area contributed by atoms with Crippen molar-refractivity contribution in [2.45, 2.75) is 19.2 Å². The van der Waals surface area contributed by atoms with Gasteiger partial charge in [0, 0.05) is 57.4 Å². The van der Waals surface area contributed by atoms with Crippen LogP contribution in [-0.2, 0) is 13.2 Å². The quantitative estimate of drug-likeness (QED) is 0.824. The minimum atomic E-state index is 0.624. The molecule has 0 saturated carbocycles. The van der Waals surface area contributed by atoms with E-state index in [0.717, 1.165) is 25.4 Å². The van der Waals surface area contributed by atoms with E-state index < -0.39 is 0 Å². The Bertz CT molecular complexity index is 706. The summed E-state index contributed by atoms with van der Waals surface area (Å²) in [6.45, 7) is 8.68. The first-order valence-electron chi connectivity index (χ1n) is 9.67. The molecule has 4 heteroatoms. The van der Waals surface area contributed by atoms with Crippen LogP contribution in [-0.4, -0.2) is 67.1 Å². The Morgan fingerprint density at radius 3 is 2.54 bits per heavy atom. The molecule has 2 aliphatic rings. The fourth-order valence-electron chi connectivity index (χ4n) is 4.07. The summed E-state index contributed by atoms with van der Waals surface area (Å²) in [5, 5.41) is 0. The van der Waals surface area contributed by atoms with Gasteiger partial charge in [0.15, 0.2) is 0 Å². The molecule has 0 aliphatic carbocycles. The zero-order valence-corrected chi connectivity index (χ0v) is 15.7. The second-order valence-electron chi connectivity index (χ2n) is 7.57. The van der Waals surface area contributed by atoms with E-state index in [4.69, 9.17) is 4.74 Å². The number of ether oxygens (including phenoxy) is 1. The zero-order valence-electron chi connectivity index (χ0n) is 15.7. The van der Waals surface area contributed by atoms with Crippen molar-refractivity contribution in [3.05, 3.63) is 65.7 Å². The van der Waals surface area contributed by atoms with Crippen molar-refractivity contribution in [1.82, 2.24) is 14.7 Å². The number of hydrogen-bond donors (Lipinski definition) is 0. The van der Waals surface area contributed by atoms with Gasteiger partial charge in [0.2, 0.25) is 0 Å². The van der Waals surface area contributed by atoms with Gasteiger partial charge < -0.3 is 9.64 Å². The highest BCUT2D eigenvalue weighted by Gasteiger charge is 2.30. The van der Waals surface area contributed by atoms with Crippen molar-refractivity contribution in [2.75, 3.05) is 46.3 Å². The number of likely N-dealkylation sites (N-methyl/N-ethyl adjacent to an activating group) is 1. The van der Waals surface area contributed by atoms with E-state index in [1.54, 1.807) is 0 Å². The van der Waals surface area contributed by atoms with E-state index in [1.807, 2.05) is 6.07 Å². The number of hydrogen-bond acceptors (Lipinski definition) is 4. The second-order valence-corrected chi connectivity index (χ2v) is 7.57. The molecular formula is C22H29N3O. The standard InChI is InChI=1S/C22H29N3O/c1-23-11-13-25-14-12-24(17-21(25)16-23)15-20-9-5-6-10-22(20)26-18-19-7-3-2-4-8-19/h2-10,21H,11-18H2,1H3. The predicted octanol–water partition coefficient (Wildman–Crippen LogP) is 2.70. The van der Waals surface area contributed by atoms with Gasteiger partial charge in [-0.15, -0.1) is 0 Å². The third kappa shape index (κ3) is 4.26. The lowest BCUT2D eigenvalue weighted by molar-refractivity contribution is 0.0172. The van der Waals surface area contributed by atoms with Crippen LogP contribution < -0.4 is 4.74 Å². The summed E-state index contributed by atoms with van der Waals surface area (Å²) in [4.78, 5) is 7.71. The Morgan fingerprint density at radius 1 is 0.885 bits per heavy atom. The SMILES string of the molecule is CN1CCN2CCN(Cc3ccccc3OCc3ccccc3)CC2C1. The highest BCUT2D eigenvalue weighted by Crippen LogP contribution is 2.23. The smallest absolute Gasteiger partial charge is 0.124 e. The predicted molar refractivity (Wildman–Crippen MR) is 105 cm³/mol. The molecule has 2 fully saturated rings. The number of piperazine rings is 2. The van der Waals surface area contributed by atoms with Crippen molar-refractivity contribution in [1.29, 1.82) is 0 Å². The molecule has 4 nitrogen and oxygen atoms in total. The molecule has 0 aromatic heterocycles. The second kappa shape index (κ2) is 8.21. The Balaban J connectivity index is 1.39. The third-order valence-electron chi connectivity index (χ3n) is 5.58. The summed E-state index contributed by atoms with van der Waals surface area (Å²) in [6, 6.07) is 19.6. The zero-order chi connectivity index (χ0) is 17.8. The van der Waals surface area contributed by atoms with Crippen LogP contribution in [0.15, 0.2) is 54.6 Å². The summed E-state index contributed by atoms with van der Waals surface area (Å²) in [6.07, 6.45) is 0. The van der Waals surface area contributed by atoms with Gasteiger partial charge >= 0.3 is 0 Å². The minimum absolute atomic E-state index is 0.624. The maximum atomic E-state index is 6.14. The minimum Gasteiger partial charge on any atom is -0.489 e. The molecule has 2 heterocycles. The van der Waals surface area contributed by atoms with E-state index in [1.165, 1.54) is 37.3 Å². The Morgan fingerprint density at radius 2 is 1.65 bits per heavy atom. The first kappa shape index (κ1) is 17.5. The van der Waals surface area contributed by atoms with E-state index in [-0.39, 0.29) is 0 Å². The van der Waals surface area contributed by atoms with E-state index in [2.05, 4.69) is 70.3 Å². The highest BCUT2D eigenvalue weighted by molar-refractivity contribution is 5.33. The van der Waals surface area contributed by atoms with Crippen LogP contribution in [0.1, 0.15) is 11.1 Å². The summed E-state index contributed by atoms with van der Waals surface area (Å²) in [5.74, 6) is 1.01. The van der Waals surface area contributed by atoms with Gasteiger partial charge in [-0.1, -0.05) is 48.5 Å². The first-order valence-corrected chi connectivity index (χ1v) is 9.67. The summed E-state index contributed by atoms with van der Waals surface area (Å²) in [5.41, 5.74) is 2.50. The number of para-hydroxylation sites is 1. The molecule has 0 bridgehead atoms. The molecule has 0 N–H and O–H groups in total. The van der Waals surface area contributed by atoms with Crippen LogP contribution in [0.25, 0.3) is 0 Å². The molecule has 2 aromatic rings. The van der Waals surface area contributed by atoms with Crippen molar-refractivity contribution in [2.24, 2.45) is 0 Å². The first-order chi connectivity index (χ1) is 12.8. The molecule has 1 unspecified atom stereocenters. The monoisotopic (exact) mass is 351 g/mol. The van der Waals surface area contributed by atoms with Gasteiger partial charge in [0.25, 0.3) is 0 Å². The molecule has 0 spiro atoms. The Kier molecular flexibility index (Phi) is 5.54. The molecule has 138 valence electrons. The highest BCUT2D eigenvalue weighted by atomic mass is 16.5. The maximum absolute atomic E-state index is 6.14. The van der Waals surface area contributed by atoms with Gasteiger partial charge in [-0.3, -0.25) is 9.80 Å². The molecule has 0 radical (unpaired) electrons. The molecule has 2 aliphatic heterocycles. The van der Waals surface area contributed by atoms with Crippen LogP contribution in [0.2, 0.25) is 0 Å². The maximum Gasteiger partial charge on any atom is 0.124 e. The van der Waals surface area contributed by atoms with Crippen LogP contribution in [0.4, 0.5) is 0 Å². The molecule has 2 aromatic carbocycles. The van der Waals surface area contributed by atoms with Gasteiger partial charge in [0.1, 0.15) is 12.4 Å². The van der Waals surface area contributed by atoms with Gasteiger partial charge in [-0.2, -0.15) is 0 Å². The summed E-state index contributed by atoms with van der Waals surface area (Å²) in [7, 11) is 2.24. The summed E-state index contributed by atoms with van der Waals surface area (Å²) < 4.78 is 6.14. The Labute approximate surface area is 157 Å². The Hall–Kier alpha value is -1.88. The molecule has 4 rings (SSSR count). The third-order valence-corrected chi connectivity index (χ3v) is 5.58. The van der Waals surface area contributed by atoms with Crippen LogP contribution in [0.3, 0.4) is 0 Å².